The first-order valence-electron chi connectivity index (χ1n) is 9.17. The average molecular weight is 396 g/mol. The molecule has 0 aliphatic carbocycles. The summed E-state index contributed by atoms with van der Waals surface area (Å²) in [5, 5.41) is 5.96. The molecule has 4 nitrogen and oxygen atoms in total. The van der Waals surface area contributed by atoms with Crippen LogP contribution in [0, 0.1) is 5.82 Å². The minimum Gasteiger partial charge on any atom is -0.360 e. The van der Waals surface area contributed by atoms with E-state index in [2.05, 4.69) is 10.1 Å². The summed E-state index contributed by atoms with van der Waals surface area (Å²) in [6.45, 7) is 2.56. The van der Waals surface area contributed by atoms with Crippen LogP contribution in [0.3, 0.4) is 0 Å². The zero-order valence-corrected chi connectivity index (χ0v) is 16.1. The van der Waals surface area contributed by atoms with Gasteiger partial charge in [0.25, 0.3) is 0 Å². The molecule has 1 N–H and O–H groups in total. The monoisotopic (exact) mass is 395 g/mol. The van der Waals surface area contributed by atoms with Crippen molar-refractivity contribution in [1.29, 1.82) is 0 Å². The van der Waals surface area contributed by atoms with Crippen molar-refractivity contribution >= 4 is 28.3 Å². The number of rotatable bonds is 6. The molecular formula is C22H19ClFN3O. The molecule has 0 atom stereocenters. The van der Waals surface area contributed by atoms with Crippen molar-refractivity contribution in [2.75, 3.05) is 0 Å². The van der Waals surface area contributed by atoms with Gasteiger partial charge in [0.2, 0.25) is 5.78 Å². The summed E-state index contributed by atoms with van der Waals surface area (Å²) in [5.41, 5.74) is 3.88. The molecule has 0 aliphatic rings. The molecular weight excluding hydrogens is 377 g/mol. The van der Waals surface area contributed by atoms with Crippen molar-refractivity contribution in [1.82, 2.24) is 14.8 Å². The third-order valence-electron chi connectivity index (χ3n) is 4.83. The van der Waals surface area contributed by atoms with Crippen LogP contribution in [0.2, 0.25) is 5.02 Å². The van der Waals surface area contributed by atoms with Gasteiger partial charge in [0, 0.05) is 34.2 Å². The van der Waals surface area contributed by atoms with Gasteiger partial charge in [-0.05, 0) is 61.7 Å². The Bertz CT molecular complexity index is 1140. The SMILES string of the molecule is CCn1nc(CCc2ccc(F)cc2)cc1C(=O)c1c[nH]c2ccc(Cl)cc12. The smallest absolute Gasteiger partial charge is 0.213 e. The van der Waals surface area contributed by atoms with Crippen LogP contribution in [0.1, 0.15) is 34.2 Å². The molecule has 0 saturated heterocycles. The Balaban J connectivity index is 1.61. The molecule has 0 radical (unpaired) electrons. The molecule has 4 rings (SSSR count). The molecule has 0 spiro atoms. The van der Waals surface area contributed by atoms with Crippen molar-refractivity contribution in [3.8, 4) is 0 Å². The molecule has 0 saturated carbocycles. The first-order valence-corrected chi connectivity index (χ1v) is 9.55. The molecule has 142 valence electrons. The number of fused-ring (bicyclic) bond motifs is 1. The minimum absolute atomic E-state index is 0.0871. The van der Waals surface area contributed by atoms with Crippen LogP contribution < -0.4 is 0 Å². The lowest BCUT2D eigenvalue weighted by atomic mass is 10.1. The van der Waals surface area contributed by atoms with Gasteiger partial charge in [-0.2, -0.15) is 5.10 Å². The molecule has 6 heteroatoms. The minimum atomic E-state index is -0.245. The number of nitrogens with zero attached hydrogens (tertiary/aromatic N) is 2. The molecule has 28 heavy (non-hydrogen) atoms. The molecule has 0 aliphatic heterocycles. The maximum absolute atomic E-state index is 13.2. The number of aromatic nitrogens is 3. The quantitative estimate of drug-likeness (QED) is 0.456. The Morgan fingerprint density at radius 1 is 1.14 bits per heavy atom. The highest BCUT2D eigenvalue weighted by Crippen LogP contribution is 2.25. The van der Waals surface area contributed by atoms with E-state index in [1.807, 2.05) is 19.1 Å². The normalized spacial score (nSPS) is 11.2. The van der Waals surface area contributed by atoms with E-state index in [0.717, 1.165) is 28.6 Å². The number of carbonyl (C=O) groups excluding carboxylic acids is 1. The van der Waals surface area contributed by atoms with Crippen LogP contribution in [-0.4, -0.2) is 20.5 Å². The molecule has 2 heterocycles. The fraction of sp³-hybridized carbons (Fsp3) is 0.182. The van der Waals surface area contributed by atoms with Gasteiger partial charge in [0.1, 0.15) is 11.5 Å². The Morgan fingerprint density at radius 3 is 2.68 bits per heavy atom. The zero-order chi connectivity index (χ0) is 19.7. The molecule has 0 fully saturated rings. The highest BCUT2D eigenvalue weighted by molar-refractivity contribution is 6.31. The van der Waals surface area contributed by atoms with Gasteiger partial charge in [0.15, 0.2) is 0 Å². The number of carbonyl (C=O) groups is 1. The second-order valence-corrected chi connectivity index (χ2v) is 7.12. The summed E-state index contributed by atoms with van der Waals surface area (Å²) in [6.07, 6.45) is 3.13. The Hall–Kier alpha value is -2.92. The van der Waals surface area contributed by atoms with Crippen LogP contribution in [0.4, 0.5) is 4.39 Å². The summed E-state index contributed by atoms with van der Waals surface area (Å²) in [7, 11) is 0. The first-order chi connectivity index (χ1) is 13.5. The molecule has 2 aromatic heterocycles. The van der Waals surface area contributed by atoms with Gasteiger partial charge in [-0.3, -0.25) is 9.48 Å². The highest BCUT2D eigenvalue weighted by Gasteiger charge is 2.20. The molecule has 0 amide bonds. The first kappa shape index (κ1) is 18.4. The maximum Gasteiger partial charge on any atom is 0.213 e. The van der Waals surface area contributed by atoms with Crippen LogP contribution in [0.15, 0.2) is 54.7 Å². The van der Waals surface area contributed by atoms with E-state index >= 15 is 0 Å². The molecule has 4 aromatic rings. The largest absolute Gasteiger partial charge is 0.360 e. The van der Waals surface area contributed by atoms with E-state index in [1.165, 1.54) is 12.1 Å². The summed E-state index contributed by atoms with van der Waals surface area (Å²) in [5.74, 6) is -0.332. The fourth-order valence-corrected chi connectivity index (χ4v) is 3.53. The lowest BCUT2D eigenvalue weighted by Crippen LogP contribution is -2.10. The van der Waals surface area contributed by atoms with E-state index in [0.29, 0.717) is 29.2 Å². The summed E-state index contributed by atoms with van der Waals surface area (Å²) in [4.78, 5) is 16.3. The fourth-order valence-electron chi connectivity index (χ4n) is 3.36. The van der Waals surface area contributed by atoms with Gasteiger partial charge in [0.05, 0.1) is 5.69 Å². The molecule has 0 bridgehead atoms. The molecule has 0 unspecified atom stereocenters. The number of aromatic amines is 1. The third kappa shape index (κ3) is 3.58. The number of benzene rings is 2. The number of halogens is 2. The highest BCUT2D eigenvalue weighted by atomic mass is 35.5. The summed E-state index contributed by atoms with van der Waals surface area (Å²) in [6, 6.07) is 13.7. The van der Waals surface area contributed by atoms with E-state index in [4.69, 9.17) is 11.6 Å². The van der Waals surface area contributed by atoms with Gasteiger partial charge >= 0.3 is 0 Å². The van der Waals surface area contributed by atoms with Crippen LogP contribution in [0.5, 0.6) is 0 Å². The third-order valence-corrected chi connectivity index (χ3v) is 5.07. The number of H-pyrrole nitrogens is 1. The van der Waals surface area contributed by atoms with Crippen LogP contribution in [-0.2, 0) is 19.4 Å². The number of nitrogens with one attached hydrogen (secondary N) is 1. The van der Waals surface area contributed by atoms with Crippen LogP contribution >= 0.6 is 11.6 Å². The second kappa shape index (κ2) is 7.60. The topological polar surface area (TPSA) is 50.7 Å². The lowest BCUT2D eigenvalue weighted by Gasteiger charge is -2.03. The van der Waals surface area contributed by atoms with E-state index in [-0.39, 0.29) is 11.6 Å². The number of ketones is 1. The number of hydrogen-bond acceptors (Lipinski definition) is 2. The van der Waals surface area contributed by atoms with Crippen molar-refractivity contribution in [3.05, 3.63) is 88.1 Å². The average Bonchev–Trinajstić information content (AvgIpc) is 3.30. The second-order valence-electron chi connectivity index (χ2n) is 6.68. The standard InChI is InChI=1S/C22H19ClFN3O/c1-2-27-21(12-17(26-27)9-5-14-3-7-16(24)8-4-14)22(28)19-13-25-20-10-6-15(23)11-18(19)20/h3-4,6-8,10-13,25H,2,5,9H2,1H3. The van der Waals surface area contributed by atoms with Crippen LogP contribution in [0.25, 0.3) is 10.9 Å². The molecule has 2 aromatic carbocycles. The Kier molecular flexibility index (Phi) is 5.01. The van der Waals surface area contributed by atoms with E-state index in [1.54, 1.807) is 35.1 Å². The number of aryl methyl sites for hydroxylation is 3. The zero-order valence-electron chi connectivity index (χ0n) is 15.4. The lowest BCUT2D eigenvalue weighted by molar-refractivity contribution is 0.103. The Labute approximate surface area is 166 Å². The Morgan fingerprint density at radius 2 is 1.93 bits per heavy atom. The van der Waals surface area contributed by atoms with Crippen molar-refractivity contribution in [3.63, 3.8) is 0 Å². The predicted molar refractivity (Wildman–Crippen MR) is 108 cm³/mol. The predicted octanol–water partition coefficient (Wildman–Crippen LogP) is 5.19. The van der Waals surface area contributed by atoms with Gasteiger partial charge < -0.3 is 4.98 Å². The van der Waals surface area contributed by atoms with Gasteiger partial charge in [-0.1, -0.05) is 23.7 Å². The number of hydrogen-bond donors (Lipinski definition) is 1. The van der Waals surface area contributed by atoms with Crippen molar-refractivity contribution in [2.24, 2.45) is 0 Å². The maximum atomic E-state index is 13.2. The van der Waals surface area contributed by atoms with Gasteiger partial charge in [-0.25, -0.2) is 4.39 Å². The summed E-state index contributed by atoms with van der Waals surface area (Å²) < 4.78 is 14.8. The summed E-state index contributed by atoms with van der Waals surface area (Å²) >= 11 is 6.10. The van der Waals surface area contributed by atoms with Crippen molar-refractivity contribution < 1.29 is 9.18 Å². The van der Waals surface area contributed by atoms with Gasteiger partial charge in [-0.15, -0.1) is 0 Å². The van der Waals surface area contributed by atoms with Crippen molar-refractivity contribution in [2.45, 2.75) is 26.3 Å². The van der Waals surface area contributed by atoms with E-state index in [9.17, 15) is 9.18 Å². The van der Waals surface area contributed by atoms with E-state index < -0.39 is 0 Å².